The van der Waals surface area contributed by atoms with Crippen molar-refractivity contribution in [2.45, 2.75) is 25.6 Å². The predicted molar refractivity (Wildman–Crippen MR) is 131 cm³/mol. The number of aromatic nitrogens is 2. The monoisotopic (exact) mass is 529 g/mol. The molecule has 3 aromatic rings. The van der Waals surface area contributed by atoms with Gasteiger partial charge in [-0.05, 0) is 37.3 Å². The Bertz CT molecular complexity index is 1430. The normalized spacial score (nSPS) is 19.7. The Morgan fingerprint density at radius 3 is 2.58 bits per heavy atom. The van der Waals surface area contributed by atoms with Gasteiger partial charge in [-0.3, -0.25) is 14.5 Å². The van der Waals surface area contributed by atoms with Gasteiger partial charge in [0.1, 0.15) is 23.4 Å². The van der Waals surface area contributed by atoms with Crippen molar-refractivity contribution in [3.8, 4) is 5.88 Å². The third-order valence-corrected chi connectivity index (χ3v) is 6.78. The van der Waals surface area contributed by atoms with Crippen LogP contribution < -0.4 is 19.4 Å². The fourth-order valence-corrected chi connectivity index (χ4v) is 5.08. The molecule has 8 nitrogen and oxygen atoms in total. The zero-order chi connectivity index (χ0) is 27.4. The third-order valence-electron chi connectivity index (χ3n) is 6.78. The first kappa shape index (κ1) is 25.4. The molecule has 0 spiro atoms. The summed E-state index contributed by atoms with van der Waals surface area (Å²) in [4.78, 5) is 39.3. The lowest BCUT2D eigenvalue weighted by Crippen LogP contribution is -2.52. The molecule has 198 valence electrons. The van der Waals surface area contributed by atoms with Crippen LogP contribution in [0.25, 0.3) is 0 Å². The fourth-order valence-electron chi connectivity index (χ4n) is 5.08. The van der Waals surface area contributed by atoms with Gasteiger partial charge >= 0.3 is 6.18 Å². The van der Waals surface area contributed by atoms with Crippen LogP contribution in [-0.4, -0.2) is 48.5 Å². The molecule has 5 rings (SSSR count). The zero-order valence-electron chi connectivity index (χ0n) is 20.7. The second-order valence-electron chi connectivity index (χ2n) is 9.20. The number of carbonyl (C=O) groups excluding carboxylic acids is 2. The molecular weight excluding hydrogens is 506 g/mol. The molecule has 0 bridgehead atoms. The van der Waals surface area contributed by atoms with E-state index in [4.69, 9.17) is 4.74 Å². The minimum Gasteiger partial charge on any atom is -0.481 e. The summed E-state index contributed by atoms with van der Waals surface area (Å²) in [6, 6.07) is 8.02. The van der Waals surface area contributed by atoms with E-state index in [2.05, 4.69) is 9.97 Å². The number of methoxy groups -OCH3 is 1. The van der Waals surface area contributed by atoms with E-state index in [1.165, 1.54) is 44.3 Å². The lowest BCUT2D eigenvalue weighted by molar-refractivity contribution is -0.137. The number of rotatable bonds is 3. The third kappa shape index (κ3) is 4.29. The summed E-state index contributed by atoms with van der Waals surface area (Å²) in [6.45, 7) is 1.41. The van der Waals surface area contributed by atoms with E-state index >= 15 is 4.39 Å². The molecule has 1 fully saturated rings. The van der Waals surface area contributed by atoms with E-state index in [1.807, 2.05) is 0 Å². The van der Waals surface area contributed by atoms with Crippen molar-refractivity contribution in [2.24, 2.45) is 5.92 Å². The average molecular weight is 529 g/mol. The van der Waals surface area contributed by atoms with E-state index < -0.39 is 41.3 Å². The molecule has 2 amide bonds. The molecule has 0 N–H and O–H groups in total. The summed E-state index contributed by atoms with van der Waals surface area (Å²) in [5.74, 6) is -2.37. The lowest BCUT2D eigenvalue weighted by atomic mass is 9.95. The number of nitrogens with zero attached hydrogens (tertiary/aromatic N) is 5. The minimum absolute atomic E-state index is 0.0194. The Labute approximate surface area is 215 Å². The maximum Gasteiger partial charge on any atom is 0.416 e. The van der Waals surface area contributed by atoms with Crippen LogP contribution in [0.4, 0.5) is 40.4 Å². The summed E-state index contributed by atoms with van der Waals surface area (Å²) in [5.41, 5.74) is -0.0641. The number of fused-ring (bicyclic) bond motifs is 2. The number of pyridine rings is 2. The van der Waals surface area contributed by atoms with Gasteiger partial charge in [-0.1, -0.05) is 6.07 Å². The number of benzene rings is 1. The number of carbonyl (C=O) groups is 2. The van der Waals surface area contributed by atoms with Crippen LogP contribution in [0, 0.1) is 18.7 Å². The van der Waals surface area contributed by atoms with Crippen molar-refractivity contribution in [2.75, 3.05) is 35.4 Å². The smallest absolute Gasteiger partial charge is 0.416 e. The van der Waals surface area contributed by atoms with Gasteiger partial charge < -0.3 is 14.5 Å². The second kappa shape index (κ2) is 9.26. The standard InChI is InChI=1S/C26H23F4N5O3/c1-14-9-16(26(28,29)30)11-20(32-14)35-22(36)10-15-13-34(17-7-8-31-21(12-17)38-3)24-18(27)5-4-6-19(24)33(2)25(37)23(15)35/h4-9,11-12,15,23H,10,13H2,1-3H3/t15-,23+/m1/s1. The Kier molecular flexibility index (Phi) is 6.20. The van der Waals surface area contributed by atoms with Gasteiger partial charge in [0.05, 0.1) is 18.4 Å². The molecule has 1 saturated heterocycles. The van der Waals surface area contributed by atoms with E-state index in [0.29, 0.717) is 5.69 Å². The summed E-state index contributed by atoms with van der Waals surface area (Å²) in [7, 11) is 2.88. The first-order valence-electron chi connectivity index (χ1n) is 11.7. The van der Waals surface area contributed by atoms with Crippen molar-refractivity contribution >= 4 is 34.7 Å². The summed E-state index contributed by atoms with van der Waals surface area (Å²) < 4.78 is 61.3. The maximum atomic E-state index is 15.3. The highest BCUT2D eigenvalue weighted by molar-refractivity contribution is 6.10. The minimum atomic E-state index is -4.67. The molecule has 1 aromatic carbocycles. The van der Waals surface area contributed by atoms with Crippen molar-refractivity contribution in [3.63, 3.8) is 0 Å². The molecule has 0 unspecified atom stereocenters. The highest BCUT2D eigenvalue weighted by atomic mass is 19.4. The molecule has 2 atom stereocenters. The average Bonchev–Trinajstić information content (AvgIpc) is 3.20. The van der Waals surface area contributed by atoms with Crippen LogP contribution in [-0.2, 0) is 15.8 Å². The van der Waals surface area contributed by atoms with Crippen LogP contribution >= 0.6 is 0 Å². The Hall–Kier alpha value is -4.22. The Morgan fingerprint density at radius 1 is 1.11 bits per heavy atom. The Morgan fingerprint density at radius 2 is 1.87 bits per heavy atom. The zero-order valence-corrected chi connectivity index (χ0v) is 20.7. The summed E-state index contributed by atoms with van der Waals surface area (Å²) in [5, 5.41) is 0. The second-order valence-corrected chi connectivity index (χ2v) is 9.20. The highest BCUT2D eigenvalue weighted by Crippen LogP contribution is 2.44. The van der Waals surface area contributed by atoms with Gasteiger partial charge in [-0.15, -0.1) is 0 Å². The number of anilines is 4. The molecule has 0 radical (unpaired) electrons. The van der Waals surface area contributed by atoms with Gasteiger partial charge in [0, 0.05) is 49.6 Å². The van der Waals surface area contributed by atoms with Crippen LogP contribution in [0.2, 0.25) is 0 Å². The molecule has 2 aliphatic heterocycles. The predicted octanol–water partition coefficient (Wildman–Crippen LogP) is 4.49. The number of alkyl halides is 3. The van der Waals surface area contributed by atoms with Gasteiger partial charge in [-0.2, -0.15) is 13.2 Å². The van der Waals surface area contributed by atoms with Crippen molar-refractivity contribution in [1.82, 2.24) is 9.97 Å². The van der Waals surface area contributed by atoms with E-state index in [1.54, 1.807) is 23.1 Å². The molecule has 12 heteroatoms. The maximum absolute atomic E-state index is 15.3. The first-order chi connectivity index (χ1) is 18.0. The number of para-hydroxylation sites is 1. The number of hydrogen-bond donors (Lipinski definition) is 0. The van der Waals surface area contributed by atoms with Crippen molar-refractivity contribution in [1.29, 1.82) is 0 Å². The van der Waals surface area contributed by atoms with Crippen LogP contribution in [0.15, 0.2) is 48.7 Å². The molecule has 38 heavy (non-hydrogen) atoms. The number of halogens is 4. The van der Waals surface area contributed by atoms with Crippen LogP contribution in [0.3, 0.4) is 0 Å². The number of ether oxygens (including phenoxy) is 1. The SMILES string of the molecule is COc1cc(N2C[C@H]3CC(=O)N(c4cc(C(F)(F)F)cc(C)n4)[C@@H]3C(=O)N(C)c3cccc(F)c32)ccn1. The molecule has 0 aliphatic carbocycles. The molecular formula is C26H23F4N5O3. The molecule has 2 aromatic heterocycles. The van der Waals surface area contributed by atoms with Crippen LogP contribution in [0.5, 0.6) is 5.88 Å². The van der Waals surface area contributed by atoms with E-state index in [0.717, 1.165) is 17.0 Å². The van der Waals surface area contributed by atoms with Crippen molar-refractivity contribution in [3.05, 3.63) is 65.7 Å². The number of aryl methyl sites for hydroxylation is 1. The Balaban J connectivity index is 1.67. The van der Waals surface area contributed by atoms with E-state index in [-0.39, 0.29) is 41.7 Å². The number of amides is 2. The largest absolute Gasteiger partial charge is 0.481 e. The van der Waals surface area contributed by atoms with Crippen LogP contribution in [0.1, 0.15) is 17.7 Å². The lowest BCUT2D eigenvalue weighted by Gasteiger charge is -2.38. The van der Waals surface area contributed by atoms with Gasteiger partial charge in [0.15, 0.2) is 0 Å². The van der Waals surface area contributed by atoms with Gasteiger partial charge in [-0.25, -0.2) is 14.4 Å². The number of likely N-dealkylation sites (N-methyl/N-ethyl adjacent to an activating group) is 1. The van der Waals surface area contributed by atoms with Gasteiger partial charge in [0.25, 0.3) is 0 Å². The highest BCUT2D eigenvalue weighted by Gasteiger charge is 2.49. The van der Waals surface area contributed by atoms with Gasteiger partial charge in [0.2, 0.25) is 17.7 Å². The van der Waals surface area contributed by atoms with E-state index in [9.17, 15) is 22.8 Å². The topological polar surface area (TPSA) is 78.9 Å². The quantitative estimate of drug-likeness (QED) is 0.466. The summed E-state index contributed by atoms with van der Waals surface area (Å²) in [6.07, 6.45) is -3.33. The van der Waals surface area contributed by atoms with Crippen molar-refractivity contribution < 1.29 is 31.9 Å². The molecule has 2 aliphatic rings. The number of hydrogen-bond acceptors (Lipinski definition) is 6. The molecule has 4 heterocycles. The summed E-state index contributed by atoms with van der Waals surface area (Å²) >= 11 is 0. The molecule has 0 saturated carbocycles. The fraction of sp³-hybridized carbons (Fsp3) is 0.308. The first-order valence-corrected chi connectivity index (χ1v) is 11.7.